The van der Waals surface area contributed by atoms with E-state index in [0.717, 1.165) is 29.9 Å². The van der Waals surface area contributed by atoms with Crippen molar-refractivity contribution in [1.82, 2.24) is 19.9 Å². The first-order valence-electron chi connectivity index (χ1n) is 6.64. The van der Waals surface area contributed by atoms with Crippen molar-refractivity contribution in [3.05, 3.63) is 29.2 Å². The molecule has 5 heteroatoms. The Morgan fingerprint density at radius 2 is 1.74 bits per heavy atom. The van der Waals surface area contributed by atoms with E-state index < -0.39 is 0 Å². The average Bonchev–Trinajstić information content (AvgIpc) is 2.47. The predicted molar refractivity (Wildman–Crippen MR) is 74.0 cm³/mol. The Hall–Kier alpha value is -2.04. The molecule has 0 fully saturated rings. The number of fused-ring (bicyclic) bond motifs is 1. The number of nitrogens with zero attached hydrogens (tertiary/aromatic N) is 4. The summed E-state index contributed by atoms with van der Waals surface area (Å²) in [6.07, 6.45) is 8.08. The third kappa shape index (κ3) is 2.28. The monoisotopic (exact) mass is 255 g/mol. The van der Waals surface area contributed by atoms with Gasteiger partial charge in [0.2, 0.25) is 0 Å². The first-order valence-corrected chi connectivity index (χ1v) is 6.64. The largest absolute Gasteiger partial charge is 0.373 e. The highest BCUT2D eigenvalue weighted by molar-refractivity contribution is 5.54. The van der Waals surface area contributed by atoms with Crippen LogP contribution in [-0.2, 0) is 12.8 Å². The predicted octanol–water partition coefficient (Wildman–Crippen LogP) is 2.16. The van der Waals surface area contributed by atoms with Crippen LogP contribution in [0.1, 0.15) is 29.7 Å². The van der Waals surface area contributed by atoms with Gasteiger partial charge in [0.05, 0.1) is 0 Å². The van der Waals surface area contributed by atoms with E-state index in [9.17, 15) is 0 Å². The molecule has 2 aromatic heterocycles. The minimum atomic E-state index is 0.593. The molecule has 2 aromatic rings. The zero-order valence-electron chi connectivity index (χ0n) is 11.3. The van der Waals surface area contributed by atoms with Crippen LogP contribution in [0.2, 0.25) is 0 Å². The zero-order valence-corrected chi connectivity index (χ0v) is 11.3. The molecule has 0 radical (unpaired) electrons. The lowest BCUT2D eigenvalue weighted by Crippen LogP contribution is -2.12. The summed E-state index contributed by atoms with van der Waals surface area (Å²) in [5.74, 6) is 2.13. The number of aromatic nitrogens is 4. The minimum Gasteiger partial charge on any atom is -0.373 e. The van der Waals surface area contributed by atoms with Gasteiger partial charge in [-0.3, -0.25) is 0 Å². The lowest BCUT2D eigenvalue weighted by molar-refractivity contribution is 0.664. The fourth-order valence-electron chi connectivity index (χ4n) is 2.41. The second-order valence-corrected chi connectivity index (χ2v) is 4.86. The Morgan fingerprint density at radius 1 is 1.00 bits per heavy atom. The van der Waals surface area contributed by atoms with Gasteiger partial charge in [0, 0.05) is 30.7 Å². The van der Waals surface area contributed by atoms with Crippen molar-refractivity contribution in [1.29, 1.82) is 0 Å². The van der Waals surface area contributed by atoms with E-state index in [1.807, 2.05) is 14.0 Å². The van der Waals surface area contributed by atoms with E-state index in [-0.39, 0.29) is 0 Å². The molecule has 0 unspecified atom stereocenters. The molecule has 1 aliphatic carbocycles. The van der Waals surface area contributed by atoms with Gasteiger partial charge in [-0.2, -0.15) is 0 Å². The molecule has 0 spiro atoms. The summed E-state index contributed by atoms with van der Waals surface area (Å²) in [6.45, 7) is 1.97. The van der Waals surface area contributed by atoms with Gasteiger partial charge in [0.25, 0.3) is 0 Å². The van der Waals surface area contributed by atoms with E-state index >= 15 is 0 Å². The highest BCUT2D eigenvalue weighted by atomic mass is 15.1. The number of nitrogens with one attached hydrogen (secondary N) is 1. The van der Waals surface area contributed by atoms with Crippen molar-refractivity contribution in [2.75, 3.05) is 12.4 Å². The molecule has 1 N–H and O–H groups in total. The Kier molecular flexibility index (Phi) is 3.11. The van der Waals surface area contributed by atoms with Crippen molar-refractivity contribution in [3.8, 4) is 11.6 Å². The Balaban J connectivity index is 2.09. The van der Waals surface area contributed by atoms with Crippen molar-refractivity contribution < 1.29 is 0 Å². The van der Waals surface area contributed by atoms with E-state index in [4.69, 9.17) is 0 Å². The van der Waals surface area contributed by atoms with E-state index in [0.29, 0.717) is 11.6 Å². The molecule has 0 bridgehead atoms. The Bertz CT molecular complexity index is 574. The van der Waals surface area contributed by atoms with Gasteiger partial charge >= 0.3 is 0 Å². The normalized spacial score (nSPS) is 14.0. The van der Waals surface area contributed by atoms with Crippen LogP contribution in [0.3, 0.4) is 0 Å². The van der Waals surface area contributed by atoms with Crippen LogP contribution >= 0.6 is 0 Å². The molecule has 5 nitrogen and oxygen atoms in total. The van der Waals surface area contributed by atoms with Crippen LogP contribution in [0, 0.1) is 6.92 Å². The molecule has 0 atom stereocenters. The highest BCUT2D eigenvalue weighted by Gasteiger charge is 2.18. The Labute approximate surface area is 112 Å². The second-order valence-electron chi connectivity index (χ2n) is 4.86. The van der Waals surface area contributed by atoms with Crippen molar-refractivity contribution >= 4 is 5.82 Å². The lowest BCUT2D eigenvalue weighted by atomic mass is 9.96. The molecule has 98 valence electrons. The van der Waals surface area contributed by atoms with E-state index in [2.05, 4.69) is 25.3 Å². The topological polar surface area (TPSA) is 63.6 Å². The van der Waals surface area contributed by atoms with Gasteiger partial charge in [-0.1, -0.05) is 0 Å². The van der Waals surface area contributed by atoms with Gasteiger partial charge in [0.1, 0.15) is 5.82 Å². The van der Waals surface area contributed by atoms with Gasteiger partial charge < -0.3 is 5.32 Å². The molecule has 0 aliphatic heterocycles. The van der Waals surface area contributed by atoms with E-state index in [1.54, 1.807) is 12.4 Å². The number of hydrogen-bond acceptors (Lipinski definition) is 5. The maximum Gasteiger partial charge on any atom is 0.199 e. The molecule has 0 saturated heterocycles. The molecule has 0 amide bonds. The average molecular weight is 255 g/mol. The summed E-state index contributed by atoms with van der Waals surface area (Å²) in [7, 11) is 1.90. The van der Waals surface area contributed by atoms with Crippen LogP contribution < -0.4 is 5.32 Å². The maximum absolute atomic E-state index is 4.65. The third-order valence-electron chi connectivity index (χ3n) is 3.40. The summed E-state index contributed by atoms with van der Waals surface area (Å²) in [5.41, 5.74) is 3.44. The van der Waals surface area contributed by atoms with Crippen LogP contribution in [0.5, 0.6) is 0 Å². The van der Waals surface area contributed by atoms with Crippen LogP contribution in [0.15, 0.2) is 12.4 Å². The van der Waals surface area contributed by atoms with Crippen molar-refractivity contribution in [2.45, 2.75) is 32.6 Å². The first-order chi connectivity index (χ1) is 9.28. The molecular weight excluding hydrogens is 238 g/mol. The van der Waals surface area contributed by atoms with Crippen LogP contribution in [-0.4, -0.2) is 27.0 Å². The lowest BCUT2D eigenvalue weighted by Gasteiger charge is -2.18. The van der Waals surface area contributed by atoms with Crippen molar-refractivity contribution in [3.63, 3.8) is 0 Å². The smallest absolute Gasteiger partial charge is 0.199 e. The minimum absolute atomic E-state index is 0.593. The summed E-state index contributed by atoms with van der Waals surface area (Å²) >= 11 is 0. The SMILES string of the molecule is CNc1nc(-c2ncc(C)cn2)nc2c1CCCC2. The number of rotatable bonds is 2. The van der Waals surface area contributed by atoms with Crippen LogP contribution in [0.4, 0.5) is 5.82 Å². The van der Waals surface area contributed by atoms with E-state index in [1.165, 1.54) is 18.4 Å². The summed E-state index contributed by atoms with van der Waals surface area (Å²) < 4.78 is 0. The molecule has 3 rings (SSSR count). The van der Waals surface area contributed by atoms with Gasteiger partial charge in [-0.15, -0.1) is 0 Å². The zero-order chi connectivity index (χ0) is 13.2. The second kappa shape index (κ2) is 4.91. The number of anilines is 1. The van der Waals surface area contributed by atoms with Gasteiger partial charge in [-0.05, 0) is 38.2 Å². The molecular formula is C14H17N5. The first kappa shape index (κ1) is 12.0. The van der Waals surface area contributed by atoms with Gasteiger partial charge in [-0.25, -0.2) is 19.9 Å². The summed E-state index contributed by atoms with van der Waals surface area (Å²) in [5, 5.41) is 3.17. The van der Waals surface area contributed by atoms with Crippen LogP contribution in [0.25, 0.3) is 11.6 Å². The fourth-order valence-corrected chi connectivity index (χ4v) is 2.41. The maximum atomic E-state index is 4.65. The van der Waals surface area contributed by atoms with Gasteiger partial charge in [0.15, 0.2) is 11.6 Å². The molecule has 2 heterocycles. The molecule has 0 aromatic carbocycles. The summed E-state index contributed by atoms with van der Waals surface area (Å²) in [4.78, 5) is 17.8. The standard InChI is InChI=1S/C14H17N5/c1-9-7-16-13(17-8-9)14-18-11-6-4-3-5-10(11)12(15-2)19-14/h7-8H,3-6H2,1-2H3,(H,15,18,19). The Morgan fingerprint density at radius 3 is 2.47 bits per heavy atom. The van der Waals surface area contributed by atoms with Crippen molar-refractivity contribution in [2.24, 2.45) is 0 Å². The summed E-state index contributed by atoms with van der Waals surface area (Å²) in [6, 6.07) is 0. The third-order valence-corrected chi connectivity index (χ3v) is 3.40. The molecule has 0 saturated carbocycles. The molecule has 19 heavy (non-hydrogen) atoms. The molecule has 1 aliphatic rings. The quantitative estimate of drug-likeness (QED) is 0.891. The highest BCUT2D eigenvalue weighted by Crippen LogP contribution is 2.27. The number of hydrogen-bond donors (Lipinski definition) is 1. The number of aryl methyl sites for hydroxylation is 2. The fraction of sp³-hybridized carbons (Fsp3) is 0.429.